The molecule has 3 aromatic carbocycles. The lowest BCUT2D eigenvalue weighted by molar-refractivity contribution is -0.148. The third-order valence-electron chi connectivity index (χ3n) is 7.72. The van der Waals surface area contributed by atoms with Crippen molar-refractivity contribution in [2.45, 2.75) is 57.2 Å². The van der Waals surface area contributed by atoms with Crippen molar-refractivity contribution in [3.8, 4) is 5.75 Å². The van der Waals surface area contributed by atoms with Gasteiger partial charge in [0.15, 0.2) is 17.5 Å². The summed E-state index contributed by atoms with van der Waals surface area (Å²) in [5.74, 6) is -5.85. The van der Waals surface area contributed by atoms with E-state index in [2.05, 4.69) is 20.3 Å². The maximum absolute atomic E-state index is 14.6. The van der Waals surface area contributed by atoms with Gasteiger partial charge in [-0.15, -0.1) is 10.2 Å². The fraction of sp³-hybridized carbons (Fsp3) is 0.312. The van der Waals surface area contributed by atoms with Crippen LogP contribution in [0.25, 0.3) is 0 Å². The predicted molar refractivity (Wildman–Crippen MR) is 161 cm³/mol. The molecule has 2 unspecified atom stereocenters. The number of nitrogens with zero attached hydrogens (tertiary/aromatic N) is 4. The predicted octanol–water partition coefficient (Wildman–Crippen LogP) is 5.11. The lowest BCUT2D eigenvalue weighted by Gasteiger charge is -2.30. The SMILES string of the molecule is O=C(NC(CC(=O)N1CCn2c(nnc2C(F)(F)F)C1)Cc1cc(F)c(F)cc1F)C(Cc1cccc(OCc2ccccc2)c1)NCl. The van der Waals surface area contributed by atoms with Crippen LogP contribution in [0, 0.1) is 17.5 Å². The first-order chi connectivity index (χ1) is 22.9. The van der Waals surface area contributed by atoms with Crippen LogP contribution < -0.4 is 14.9 Å². The van der Waals surface area contributed by atoms with Crippen molar-refractivity contribution in [1.29, 1.82) is 0 Å². The maximum atomic E-state index is 14.6. The van der Waals surface area contributed by atoms with Gasteiger partial charge in [-0.2, -0.15) is 13.2 Å². The molecule has 254 valence electrons. The molecule has 1 aliphatic rings. The fourth-order valence-electron chi connectivity index (χ4n) is 5.30. The van der Waals surface area contributed by atoms with Gasteiger partial charge in [0.1, 0.15) is 24.2 Å². The van der Waals surface area contributed by atoms with Crippen LogP contribution in [0.2, 0.25) is 0 Å². The monoisotopic (exact) mass is 694 g/mol. The Morgan fingerprint density at radius 1 is 0.896 bits per heavy atom. The largest absolute Gasteiger partial charge is 0.489 e. The Labute approximate surface area is 276 Å². The number of carbonyl (C=O) groups excluding carboxylic acids is 2. The molecule has 1 aliphatic heterocycles. The maximum Gasteiger partial charge on any atom is 0.451 e. The Morgan fingerprint density at radius 3 is 2.35 bits per heavy atom. The zero-order valence-corrected chi connectivity index (χ0v) is 25.9. The highest BCUT2D eigenvalue weighted by atomic mass is 35.5. The van der Waals surface area contributed by atoms with Crippen molar-refractivity contribution >= 4 is 23.6 Å². The minimum absolute atomic E-state index is 0.0708. The molecule has 5 rings (SSSR count). The Kier molecular flexibility index (Phi) is 10.9. The van der Waals surface area contributed by atoms with Crippen LogP contribution in [-0.4, -0.2) is 50.1 Å². The van der Waals surface area contributed by atoms with Gasteiger partial charge in [0.25, 0.3) is 0 Å². The summed E-state index contributed by atoms with van der Waals surface area (Å²) in [5, 5.41) is 9.40. The molecule has 0 spiro atoms. The molecule has 2 amide bonds. The van der Waals surface area contributed by atoms with E-state index in [1.165, 1.54) is 4.90 Å². The van der Waals surface area contributed by atoms with Crippen molar-refractivity contribution in [3.05, 3.63) is 113 Å². The number of hydrogen-bond acceptors (Lipinski definition) is 6. The summed E-state index contributed by atoms with van der Waals surface area (Å²) >= 11 is 5.95. The van der Waals surface area contributed by atoms with Crippen LogP contribution in [0.3, 0.4) is 0 Å². The van der Waals surface area contributed by atoms with Crippen molar-refractivity contribution in [1.82, 2.24) is 29.8 Å². The molecular formula is C32H29ClF6N6O3. The van der Waals surface area contributed by atoms with Gasteiger partial charge in [-0.3, -0.25) is 9.59 Å². The van der Waals surface area contributed by atoms with Gasteiger partial charge in [-0.1, -0.05) is 42.5 Å². The van der Waals surface area contributed by atoms with E-state index in [0.29, 0.717) is 30.1 Å². The smallest absolute Gasteiger partial charge is 0.451 e. The Morgan fingerprint density at radius 2 is 1.62 bits per heavy atom. The molecule has 0 saturated heterocycles. The van der Waals surface area contributed by atoms with E-state index in [1.54, 1.807) is 24.3 Å². The number of halogens is 7. The number of aromatic nitrogens is 3. The first-order valence-electron chi connectivity index (χ1n) is 14.7. The summed E-state index contributed by atoms with van der Waals surface area (Å²) in [7, 11) is 0. The van der Waals surface area contributed by atoms with E-state index in [1.807, 2.05) is 30.3 Å². The van der Waals surface area contributed by atoms with Crippen LogP contribution in [0.15, 0.2) is 66.7 Å². The number of fused-ring (bicyclic) bond motifs is 1. The fourth-order valence-corrected chi connectivity index (χ4v) is 5.48. The highest BCUT2D eigenvalue weighted by Crippen LogP contribution is 2.29. The molecule has 9 nitrogen and oxygen atoms in total. The number of ether oxygens (including phenoxy) is 1. The molecule has 2 atom stereocenters. The van der Waals surface area contributed by atoms with E-state index >= 15 is 0 Å². The molecule has 0 bridgehead atoms. The minimum Gasteiger partial charge on any atom is -0.489 e. The summed E-state index contributed by atoms with van der Waals surface area (Å²) < 4.78 is 88.8. The lowest BCUT2D eigenvalue weighted by Crippen LogP contribution is -2.49. The lowest BCUT2D eigenvalue weighted by atomic mass is 10.00. The molecule has 0 saturated carbocycles. The Bertz CT molecular complexity index is 1760. The summed E-state index contributed by atoms with van der Waals surface area (Å²) in [4.78, 5) is 30.4. The van der Waals surface area contributed by atoms with Crippen molar-refractivity contribution in [2.24, 2.45) is 0 Å². The molecule has 0 aliphatic carbocycles. The third-order valence-corrected chi connectivity index (χ3v) is 7.98. The molecule has 1 aromatic heterocycles. The number of carbonyl (C=O) groups is 2. The van der Waals surface area contributed by atoms with E-state index < -0.39 is 66.2 Å². The zero-order chi connectivity index (χ0) is 34.4. The quantitative estimate of drug-likeness (QED) is 0.122. The third kappa shape index (κ3) is 8.63. The van der Waals surface area contributed by atoms with E-state index in [0.717, 1.165) is 10.1 Å². The first-order valence-corrected chi connectivity index (χ1v) is 15.1. The molecule has 48 heavy (non-hydrogen) atoms. The summed E-state index contributed by atoms with van der Waals surface area (Å²) in [6.07, 6.45) is -5.53. The second-order valence-electron chi connectivity index (χ2n) is 11.2. The van der Waals surface area contributed by atoms with Crippen molar-refractivity contribution < 1.29 is 40.7 Å². The summed E-state index contributed by atoms with van der Waals surface area (Å²) in [6.45, 7) is -0.334. The highest BCUT2D eigenvalue weighted by molar-refractivity contribution is 6.15. The van der Waals surface area contributed by atoms with E-state index in [-0.39, 0.29) is 37.4 Å². The molecule has 16 heteroatoms. The number of amides is 2. The number of benzene rings is 3. The van der Waals surface area contributed by atoms with Crippen LogP contribution in [0.4, 0.5) is 26.3 Å². The number of alkyl halides is 3. The van der Waals surface area contributed by atoms with Crippen molar-refractivity contribution in [2.75, 3.05) is 6.54 Å². The van der Waals surface area contributed by atoms with E-state index in [9.17, 15) is 35.9 Å². The van der Waals surface area contributed by atoms with Gasteiger partial charge >= 0.3 is 6.18 Å². The van der Waals surface area contributed by atoms with Crippen LogP contribution in [0.5, 0.6) is 5.75 Å². The number of nitrogens with one attached hydrogen (secondary N) is 2. The summed E-state index contributed by atoms with van der Waals surface area (Å²) in [6, 6.07) is 15.2. The Hall–Kier alpha value is -4.63. The van der Waals surface area contributed by atoms with Crippen LogP contribution in [-0.2, 0) is 48.3 Å². The molecule has 0 fully saturated rings. The van der Waals surface area contributed by atoms with Gasteiger partial charge in [0.05, 0.1) is 6.54 Å². The molecule has 2 N–H and O–H groups in total. The second kappa shape index (κ2) is 15.1. The minimum atomic E-state index is -4.73. The van der Waals surface area contributed by atoms with E-state index in [4.69, 9.17) is 16.5 Å². The van der Waals surface area contributed by atoms with Crippen molar-refractivity contribution in [3.63, 3.8) is 0 Å². The zero-order valence-electron chi connectivity index (χ0n) is 25.1. The van der Waals surface area contributed by atoms with Gasteiger partial charge in [0.2, 0.25) is 17.6 Å². The van der Waals surface area contributed by atoms with Gasteiger partial charge < -0.3 is 19.5 Å². The second-order valence-corrected chi connectivity index (χ2v) is 11.4. The summed E-state index contributed by atoms with van der Waals surface area (Å²) in [5.41, 5.74) is 1.32. The van der Waals surface area contributed by atoms with Gasteiger partial charge in [-0.05, 0) is 59.5 Å². The average Bonchev–Trinajstić information content (AvgIpc) is 3.50. The topological polar surface area (TPSA) is 101 Å². The normalized spacial score (nSPS) is 14.3. The number of hydrogen-bond donors (Lipinski definition) is 2. The van der Waals surface area contributed by atoms with Crippen LogP contribution >= 0.6 is 11.8 Å². The Balaban J connectivity index is 1.29. The van der Waals surface area contributed by atoms with Gasteiger partial charge in [-0.25, -0.2) is 18.0 Å². The van der Waals surface area contributed by atoms with Gasteiger partial charge in [0, 0.05) is 31.6 Å². The molecule has 2 heterocycles. The molecule has 0 radical (unpaired) electrons. The standard InChI is InChI=1S/C32H29ClF6N6O3/c33-41-27(12-20-7-4-8-23(11-20)48-18-19-5-2-1-3-6-19)30(47)40-22(13-21-14-25(35)26(36)16-24(21)34)15-29(46)44-9-10-45-28(17-44)42-43-31(45)32(37,38)39/h1-8,11,14,16,22,27,41H,9-10,12-13,15,17-18H2,(H,40,47). The van der Waals surface area contributed by atoms with Crippen LogP contribution in [0.1, 0.15) is 34.8 Å². The highest BCUT2D eigenvalue weighted by Gasteiger charge is 2.40. The number of rotatable bonds is 12. The molecular weight excluding hydrogens is 666 g/mol. The molecule has 4 aromatic rings. The first kappa shape index (κ1) is 34.7. The average molecular weight is 695 g/mol.